The van der Waals surface area contributed by atoms with E-state index < -0.39 is 0 Å². The van der Waals surface area contributed by atoms with Crippen LogP contribution < -0.4 is 11.1 Å². The molecule has 4 heteroatoms. The van der Waals surface area contributed by atoms with E-state index in [1.807, 2.05) is 6.92 Å². The molecule has 0 amide bonds. The van der Waals surface area contributed by atoms with Crippen molar-refractivity contribution in [3.63, 3.8) is 0 Å². The highest BCUT2D eigenvalue weighted by atomic mass is 15.2. The van der Waals surface area contributed by atoms with Crippen LogP contribution in [0.25, 0.3) is 33.2 Å². The molecule has 0 unspecified atom stereocenters. The Labute approximate surface area is 196 Å². The highest BCUT2D eigenvalue weighted by molar-refractivity contribution is 6.01. The van der Waals surface area contributed by atoms with Crippen LogP contribution in [-0.4, -0.2) is 36.1 Å². The van der Waals surface area contributed by atoms with Gasteiger partial charge in [-0.3, -0.25) is 9.88 Å². The maximum atomic E-state index is 6.78. The van der Waals surface area contributed by atoms with Crippen LogP contribution >= 0.6 is 0 Å². The van der Waals surface area contributed by atoms with Gasteiger partial charge in [-0.25, -0.2) is 0 Å². The van der Waals surface area contributed by atoms with E-state index >= 15 is 0 Å². The van der Waals surface area contributed by atoms with Gasteiger partial charge in [0.1, 0.15) is 0 Å². The number of aromatic nitrogens is 1. The molecule has 33 heavy (non-hydrogen) atoms. The lowest BCUT2D eigenvalue weighted by Crippen LogP contribution is -2.42. The summed E-state index contributed by atoms with van der Waals surface area (Å²) < 4.78 is 0. The Morgan fingerprint density at radius 3 is 2.18 bits per heavy atom. The van der Waals surface area contributed by atoms with Crippen molar-refractivity contribution < 1.29 is 0 Å². The average molecular weight is 437 g/mol. The average Bonchev–Trinajstić information content (AvgIpc) is 2.80. The van der Waals surface area contributed by atoms with Gasteiger partial charge in [-0.05, 0) is 55.2 Å². The number of nitrogens with one attached hydrogen (secondary N) is 1. The van der Waals surface area contributed by atoms with E-state index in [0.29, 0.717) is 0 Å². The molecule has 4 aromatic rings. The molecule has 4 nitrogen and oxygen atoms in total. The number of aryl methyl sites for hydroxylation is 3. The standard InChI is InChI=1S/C29H32N4/c1-19-14-20(2)16-25(15-19)28-21(3)32-27-9-8-24(17-26(27)29(28)30)23-6-4-22(5-7-23)18-33-12-10-31-11-13-33/h4-9,14-17,31H,10-13,18H2,1-3H3,(H2,30,32). The molecule has 1 saturated heterocycles. The van der Waals surface area contributed by atoms with Crippen LogP contribution in [0.2, 0.25) is 0 Å². The summed E-state index contributed by atoms with van der Waals surface area (Å²) in [5.74, 6) is 0. The third-order valence-electron chi connectivity index (χ3n) is 6.62. The summed E-state index contributed by atoms with van der Waals surface area (Å²) in [6.45, 7) is 11.7. The summed E-state index contributed by atoms with van der Waals surface area (Å²) in [4.78, 5) is 7.40. The SMILES string of the molecule is Cc1cc(C)cc(-c2c(C)nc3ccc(-c4ccc(CN5CCNCC5)cc4)cc3c2N)c1. The maximum Gasteiger partial charge on any atom is 0.0726 e. The molecule has 1 aliphatic heterocycles. The predicted octanol–water partition coefficient (Wildman–Crippen LogP) is 5.48. The van der Waals surface area contributed by atoms with Gasteiger partial charge in [-0.1, -0.05) is 59.7 Å². The molecule has 1 aliphatic rings. The Bertz CT molecular complexity index is 1280. The monoisotopic (exact) mass is 436 g/mol. The quantitative estimate of drug-likeness (QED) is 0.445. The Morgan fingerprint density at radius 1 is 0.818 bits per heavy atom. The molecular weight excluding hydrogens is 404 g/mol. The molecule has 1 fully saturated rings. The molecule has 0 spiro atoms. The topological polar surface area (TPSA) is 54.2 Å². The zero-order valence-electron chi connectivity index (χ0n) is 19.8. The molecule has 2 heterocycles. The Hall–Kier alpha value is -3.21. The minimum absolute atomic E-state index is 0.805. The van der Waals surface area contributed by atoms with Crippen molar-refractivity contribution in [3.8, 4) is 22.3 Å². The maximum absolute atomic E-state index is 6.78. The molecular formula is C29H32N4. The number of piperazine rings is 1. The fourth-order valence-corrected chi connectivity index (χ4v) is 5.01. The number of nitrogens with two attached hydrogens (primary N) is 1. The fraction of sp³-hybridized carbons (Fsp3) is 0.276. The smallest absolute Gasteiger partial charge is 0.0726 e. The minimum atomic E-state index is 0.805. The molecule has 1 aromatic heterocycles. The van der Waals surface area contributed by atoms with Gasteiger partial charge < -0.3 is 11.1 Å². The van der Waals surface area contributed by atoms with Crippen molar-refractivity contribution >= 4 is 16.6 Å². The number of fused-ring (bicyclic) bond motifs is 1. The van der Waals surface area contributed by atoms with Crippen LogP contribution in [0.15, 0.2) is 60.7 Å². The van der Waals surface area contributed by atoms with Crippen molar-refractivity contribution in [3.05, 3.63) is 83.0 Å². The number of anilines is 1. The van der Waals surface area contributed by atoms with Gasteiger partial charge in [0.25, 0.3) is 0 Å². The minimum Gasteiger partial charge on any atom is -0.398 e. The van der Waals surface area contributed by atoms with E-state index in [2.05, 4.69) is 84.7 Å². The second kappa shape index (κ2) is 8.97. The van der Waals surface area contributed by atoms with E-state index in [4.69, 9.17) is 10.7 Å². The largest absolute Gasteiger partial charge is 0.398 e. The van der Waals surface area contributed by atoms with Crippen LogP contribution in [0, 0.1) is 20.8 Å². The molecule has 3 aromatic carbocycles. The van der Waals surface area contributed by atoms with Gasteiger partial charge in [0, 0.05) is 49.4 Å². The summed E-state index contributed by atoms with van der Waals surface area (Å²) in [6, 6.07) is 22.0. The van der Waals surface area contributed by atoms with Crippen LogP contribution in [0.1, 0.15) is 22.4 Å². The number of benzene rings is 3. The third kappa shape index (κ3) is 4.50. The summed E-state index contributed by atoms with van der Waals surface area (Å²) in [5, 5.41) is 4.43. The van der Waals surface area contributed by atoms with E-state index in [0.717, 1.165) is 66.1 Å². The van der Waals surface area contributed by atoms with Gasteiger partial charge in [0.05, 0.1) is 11.2 Å². The summed E-state index contributed by atoms with van der Waals surface area (Å²) in [7, 11) is 0. The van der Waals surface area contributed by atoms with Crippen molar-refractivity contribution in [2.24, 2.45) is 0 Å². The van der Waals surface area contributed by atoms with Gasteiger partial charge in [0.15, 0.2) is 0 Å². The fourth-order valence-electron chi connectivity index (χ4n) is 5.01. The molecule has 168 valence electrons. The van der Waals surface area contributed by atoms with E-state index in [1.165, 1.54) is 27.8 Å². The van der Waals surface area contributed by atoms with Crippen molar-refractivity contribution in [1.29, 1.82) is 0 Å². The highest BCUT2D eigenvalue weighted by Gasteiger charge is 2.14. The van der Waals surface area contributed by atoms with E-state index in [-0.39, 0.29) is 0 Å². The van der Waals surface area contributed by atoms with Crippen LogP contribution in [0.5, 0.6) is 0 Å². The van der Waals surface area contributed by atoms with E-state index in [9.17, 15) is 0 Å². The Kier molecular flexibility index (Phi) is 5.88. The van der Waals surface area contributed by atoms with Crippen molar-refractivity contribution in [2.45, 2.75) is 27.3 Å². The summed E-state index contributed by atoms with van der Waals surface area (Å²) in [6.07, 6.45) is 0. The molecule has 0 radical (unpaired) electrons. The first kappa shape index (κ1) is 21.6. The van der Waals surface area contributed by atoms with Gasteiger partial charge >= 0.3 is 0 Å². The van der Waals surface area contributed by atoms with Crippen LogP contribution in [0.3, 0.4) is 0 Å². The van der Waals surface area contributed by atoms with Crippen LogP contribution in [-0.2, 0) is 6.54 Å². The van der Waals surface area contributed by atoms with Crippen molar-refractivity contribution in [1.82, 2.24) is 15.2 Å². The third-order valence-corrected chi connectivity index (χ3v) is 6.62. The first-order valence-corrected chi connectivity index (χ1v) is 11.8. The van der Waals surface area contributed by atoms with Crippen LogP contribution in [0.4, 0.5) is 5.69 Å². The lowest BCUT2D eigenvalue weighted by Gasteiger charge is -2.27. The second-order valence-electron chi connectivity index (χ2n) is 9.32. The van der Waals surface area contributed by atoms with Gasteiger partial charge in [-0.2, -0.15) is 0 Å². The lowest BCUT2D eigenvalue weighted by molar-refractivity contribution is 0.233. The number of nitrogen functional groups attached to an aromatic ring is 1. The summed E-state index contributed by atoms with van der Waals surface area (Å²) >= 11 is 0. The normalized spacial score (nSPS) is 14.6. The highest BCUT2D eigenvalue weighted by Crippen LogP contribution is 2.36. The molecule has 0 atom stereocenters. The van der Waals surface area contributed by atoms with Gasteiger partial charge in [0.2, 0.25) is 0 Å². The second-order valence-corrected chi connectivity index (χ2v) is 9.32. The van der Waals surface area contributed by atoms with Crippen molar-refractivity contribution in [2.75, 3.05) is 31.9 Å². The number of hydrogen-bond acceptors (Lipinski definition) is 4. The molecule has 0 saturated carbocycles. The zero-order valence-corrected chi connectivity index (χ0v) is 19.8. The number of nitrogens with zero attached hydrogens (tertiary/aromatic N) is 2. The zero-order chi connectivity index (χ0) is 22.9. The lowest BCUT2D eigenvalue weighted by atomic mass is 9.95. The first-order valence-electron chi connectivity index (χ1n) is 11.8. The molecule has 0 aliphatic carbocycles. The summed E-state index contributed by atoms with van der Waals surface area (Å²) in [5.41, 5.74) is 17.9. The number of rotatable bonds is 4. The first-order chi connectivity index (χ1) is 16.0. The molecule has 0 bridgehead atoms. The molecule has 5 rings (SSSR count). The Balaban J connectivity index is 1.50. The number of hydrogen-bond donors (Lipinski definition) is 2. The number of pyridine rings is 1. The Morgan fingerprint density at radius 2 is 1.48 bits per heavy atom. The predicted molar refractivity (Wildman–Crippen MR) is 139 cm³/mol. The molecule has 3 N–H and O–H groups in total. The van der Waals surface area contributed by atoms with Gasteiger partial charge in [-0.15, -0.1) is 0 Å². The van der Waals surface area contributed by atoms with E-state index in [1.54, 1.807) is 0 Å².